The minimum Gasteiger partial charge on any atom is -0.356 e. The molecule has 1 amide bonds. The van der Waals surface area contributed by atoms with Crippen molar-refractivity contribution in [3.8, 4) is 0 Å². The lowest BCUT2D eigenvalue weighted by Gasteiger charge is -2.17. The van der Waals surface area contributed by atoms with E-state index in [4.69, 9.17) is 0 Å². The lowest BCUT2D eigenvalue weighted by atomic mass is 10.1. The summed E-state index contributed by atoms with van der Waals surface area (Å²) in [6, 6.07) is 0. The molecule has 0 aliphatic heterocycles. The fourth-order valence-corrected chi connectivity index (χ4v) is 2.60. The van der Waals surface area contributed by atoms with Gasteiger partial charge in [0.2, 0.25) is 5.91 Å². The number of hydrogen-bond acceptors (Lipinski definition) is 3. The Bertz CT molecular complexity index is 214. The Labute approximate surface area is 125 Å². The minimum atomic E-state index is 0.148. The summed E-state index contributed by atoms with van der Waals surface area (Å²) < 4.78 is 1.04. The number of nitrogens with zero attached hydrogens (tertiary/aromatic N) is 1. The van der Waals surface area contributed by atoms with Gasteiger partial charge in [0.15, 0.2) is 0 Å². The van der Waals surface area contributed by atoms with Gasteiger partial charge in [0, 0.05) is 16.9 Å². The molecule has 1 unspecified atom stereocenters. The number of alkyl halides is 1. The topological polar surface area (TPSA) is 44.4 Å². The van der Waals surface area contributed by atoms with Gasteiger partial charge < -0.3 is 15.5 Å². The molecule has 0 heterocycles. The van der Waals surface area contributed by atoms with Gasteiger partial charge >= 0.3 is 0 Å². The SMILES string of the molecule is CNCCCN(C)CCCNC(=O)C(C)CCI. The van der Waals surface area contributed by atoms with Crippen LogP contribution in [0, 0.1) is 5.92 Å². The van der Waals surface area contributed by atoms with E-state index in [0.717, 1.165) is 43.4 Å². The molecule has 0 spiro atoms. The van der Waals surface area contributed by atoms with Gasteiger partial charge in [-0.15, -0.1) is 0 Å². The van der Waals surface area contributed by atoms with Crippen molar-refractivity contribution in [1.29, 1.82) is 0 Å². The van der Waals surface area contributed by atoms with Gasteiger partial charge in [0.1, 0.15) is 0 Å². The number of nitrogens with one attached hydrogen (secondary N) is 2. The smallest absolute Gasteiger partial charge is 0.222 e. The highest BCUT2D eigenvalue weighted by atomic mass is 127. The highest BCUT2D eigenvalue weighted by Gasteiger charge is 2.10. The molecule has 0 aliphatic rings. The summed E-state index contributed by atoms with van der Waals surface area (Å²) >= 11 is 2.31. The third-order valence-corrected chi connectivity index (χ3v) is 3.59. The Balaban J connectivity index is 3.46. The van der Waals surface area contributed by atoms with E-state index in [2.05, 4.69) is 45.2 Å². The average molecular weight is 369 g/mol. The monoisotopic (exact) mass is 369 g/mol. The zero-order valence-corrected chi connectivity index (χ0v) is 14.1. The summed E-state index contributed by atoms with van der Waals surface area (Å²) in [5.74, 6) is 0.347. The van der Waals surface area contributed by atoms with Gasteiger partial charge in [-0.1, -0.05) is 29.5 Å². The normalized spacial score (nSPS) is 12.7. The molecule has 0 aromatic heterocycles. The number of carbonyl (C=O) groups is 1. The van der Waals surface area contributed by atoms with Gasteiger partial charge in [-0.05, 0) is 53.0 Å². The zero-order chi connectivity index (χ0) is 13.8. The van der Waals surface area contributed by atoms with Crippen LogP contribution in [0.2, 0.25) is 0 Å². The van der Waals surface area contributed by atoms with Crippen LogP contribution in [0.15, 0.2) is 0 Å². The predicted octanol–water partition coefficient (Wildman–Crippen LogP) is 1.50. The maximum atomic E-state index is 11.7. The quantitative estimate of drug-likeness (QED) is 0.330. The highest BCUT2D eigenvalue weighted by Crippen LogP contribution is 2.04. The van der Waals surface area contributed by atoms with Crippen LogP contribution in [0.5, 0.6) is 0 Å². The highest BCUT2D eigenvalue weighted by molar-refractivity contribution is 14.1. The van der Waals surface area contributed by atoms with Crippen LogP contribution in [0.1, 0.15) is 26.2 Å². The lowest BCUT2D eigenvalue weighted by molar-refractivity contribution is -0.124. The van der Waals surface area contributed by atoms with Crippen LogP contribution >= 0.6 is 22.6 Å². The molecule has 0 fully saturated rings. The summed E-state index contributed by atoms with van der Waals surface area (Å²) in [6.45, 7) is 6.01. The first-order chi connectivity index (χ1) is 8.61. The first kappa shape index (κ1) is 18.1. The van der Waals surface area contributed by atoms with Gasteiger partial charge in [0.25, 0.3) is 0 Å². The molecule has 0 aliphatic carbocycles. The van der Waals surface area contributed by atoms with Gasteiger partial charge in [-0.25, -0.2) is 0 Å². The number of carbonyl (C=O) groups excluding carboxylic acids is 1. The Morgan fingerprint density at radius 1 is 1.28 bits per heavy atom. The van der Waals surface area contributed by atoms with E-state index in [1.807, 2.05) is 14.0 Å². The third-order valence-electron chi connectivity index (χ3n) is 2.97. The van der Waals surface area contributed by atoms with Crippen molar-refractivity contribution in [1.82, 2.24) is 15.5 Å². The summed E-state index contributed by atoms with van der Waals surface area (Å²) in [5.41, 5.74) is 0. The summed E-state index contributed by atoms with van der Waals surface area (Å²) in [6.07, 6.45) is 3.17. The molecule has 0 saturated carbocycles. The number of amides is 1. The van der Waals surface area contributed by atoms with Gasteiger partial charge in [-0.2, -0.15) is 0 Å². The van der Waals surface area contributed by atoms with Crippen LogP contribution in [-0.2, 0) is 4.79 Å². The Morgan fingerprint density at radius 2 is 1.89 bits per heavy atom. The molecule has 0 aromatic rings. The standard InChI is InChI=1S/C13H28IN3O/c1-12(6-7-14)13(18)16-9-5-11-17(3)10-4-8-15-2/h12,15H,4-11H2,1-3H3,(H,16,18). The summed E-state index contributed by atoms with van der Waals surface area (Å²) in [4.78, 5) is 14.0. The second-order valence-corrected chi connectivity index (χ2v) is 5.86. The molecule has 4 nitrogen and oxygen atoms in total. The molecular weight excluding hydrogens is 341 g/mol. The van der Waals surface area contributed by atoms with E-state index in [1.165, 1.54) is 6.42 Å². The van der Waals surface area contributed by atoms with Crippen LogP contribution in [-0.4, -0.2) is 55.5 Å². The van der Waals surface area contributed by atoms with Gasteiger partial charge in [0.05, 0.1) is 0 Å². The Hall–Kier alpha value is 0.120. The van der Waals surface area contributed by atoms with E-state index < -0.39 is 0 Å². The Morgan fingerprint density at radius 3 is 2.44 bits per heavy atom. The van der Waals surface area contributed by atoms with E-state index in [1.54, 1.807) is 0 Å². The van der Waals surface area contributed by atoms with Crippen molar-refractivity contribution in [2.75, 3.05) is 44.7 Å². The predicted molar refractivity (Wildman–Crippen MR) is 86.3 cm³/mol. The van der Waals surface area contributed by atoms with E-state index in [-0.39, 0.29) is 11.8 Å². The van der Waals surface area contributed by atoms with Crippen molar-refractivity contribution in [2.24, 2.45) is 5.92 Å². The number of halogens is 1. The Kier molecular flexibility index (Phi) is 12.3. The van der Waals surface area contributed by atoms with Crippen molar-refractivity contribution in [3.63, 3.8) is 0 Å². The van der Waals surface area contributed by atoms with E-state index in [9.17, 15) is 4.79 Å². The molecule has 0 saturated heterocycles. The summed E-state index contributed by atoms with van der Waals surface area (Å²) in [7, 11) is 4.11. The third kappa shape index (κ3) is 10.1. The first-order valence-corrected chi connectivity index (χ1v) is 8.31. The van der Waals surface area contributed by atoms with Crippen LogP contribution in [0.4, 0.5) is 0 Å². The fraction of sp³-hybridized carbons (Fsp3) is 0.923. The fourth-order valence-electron chi connectivity index (χ4n) is 1.67. The summed E-state index contributed by atoms with van der Waals surface area (Å²) in [5, 5.41) is 6.15. The zero-order valence-electron chi connectivity index (χ0n) is 12.0. The molecule has 5 heteroatoms. The number of rotatable bonds is 11. The van der Waals surface area contributed by atoms with Crippen molar-refractivity contribution in [2.45, 2.75) is 26.2 Å². The largest absolute Gasteiger partial charge is 0.356 e. The lowest BCUT2D eigenvalue weighted by Crippen LogP contribution is -2.32. The van der Waals surface area contributed by atoms with Crippen LogP contribution < -0.4 is 10.6 Å². The molecule has 108 valence electrons. The number of hydrogen-bond donors (Lipinski definition) is 2. The average Bonchev–Trinajstić information content (AvgIpc) is 2.35. The van der Waals surface area contributed by atoms with Crippen molar-refractivity contribution >= 4 is 28.5 Å². The molecule has 0 rings (SSSR count). The minimum absolute atomic E-state index is 0.148. The molecule has 0 radical (unpaired) electrons. The molecule has 2 N–H and O–H groups in total. The van der Waals surface area contributed by atoms with Crippen LogP contribution in [0.25, 0.3) is 0 Å². The van der Waals surface area contributed by atoms with Crippen molar-refractivity contribution in [3.05, 3.63) is 0 Å². The molecule has 0 bridgehead atoms. The van der Waals surface area contributed by atoms with Crippen LogP contribution in [0.3, 0.4) is 0 Å². The van der Waals surface area contributed by atoms with E-state index >= 15 is 0 Å². The van der Waals surface area contributed by atoms with E-state index in [0.29, 0.717) is 0 Å². The maximum absolute atomic E-state index is 11.7. The van der Waals surface area contributed by atoms with Gasteiger partial charge in [-0.3, -0.25) is 4.79 Å². The maximum Gasteiger partial charge on any atom is 0.222 e. The second-order valence-electron chi connectivity index (χ2n) is 4.78. The second kappa shape index (κ2) is 12.2. The molecule has 18 heavy (non-hydrogen) atoms. The van der Waals surface area contributed by atoms with Crippen molar-refractivity contribution < 1.29 is 4.79 Å². The molecule has 1 atom stereocenters. The molecule has 0 aromatic carbocycles. The first-order valence-electron chi connectivity index (χ1n) is 6.78. The molecular formula is C13H28IN3O.